The van der Waals surface area contributed by atoms with Crippen LogP contribution in [0, 0.1) is 5.82 Å². The van der Waals surface area contributed by atoms with Crippen molar-refractivity contribution in [3.8, 4) is 0 Å². The Kier molecular flexibility index (Phi) is 6.05. The quantitative estimate of drug-likeness (QED) is 0.862. The molecular weight excluding hydrogens is 313 g/mol. The molecule has 0 amide bonds. The lowest BCUT2D eigenvalue weighted by Crippen LogP contribution is -2.46. The van der Waals surface area contributed by atoms with E-state index in [4.69, 9.17) is 0 Å². The summed E-state index contributed by atoms with van der Waals surface area (Å²) in [4.78, 5) is 4.80. The molecule has 1 heterocycles. The number of hydrogen-bond donors (Lipinski definition) is 1. The van der Waals surface area contributed by atoms with E-state index in [-0.39, 0.29) is 11.9 Å². The van der Waals surface area contributed by atoms with Crippen molar-refractivity contribution < 1.29 is 4.39 Å². The van der Waals surface area contributed by atoms with Crippen LogP contribution < -0.4 is 10.2 Å². The summed E-state index contributed by atoms with van der Waals surface area (Å²) < 4.78 is 14.5. The van der Waals surface area contributed by atoms with Gasteiger partial charge in [-0.1, -0.05) is 43.3 Å². The third kappa shape index (κ3) is 4.39. The third-order valence-corrected chi connectivity index (χ3v) is 4.94. The Balaban J connectivity index is 1.68. The Morgan fingerprint density at radius 2 is 1.72 bits per heavy atom. The summed E-state index contributed by atoms with van der Waals surface area (Å²) in [5, 5.41) is 3.35. The number of piperazine rings is 1. The second-order valence-electron chi connectivity index (χ2n) is 6.70. The molecule has 1 fully saturated rings. The molecule has 0 aliphatic carbocycles. The van der Waals surface area contributed by atoms with Crippen LogP contribution in [-0.2, 0) is 6.54 Å². The molecule has 4 heteroatoms. The Hall–Kier alpha value is -1.91. The molecule has 1 N–H and O–H groups in total. The first-order valence-electron chi connectivity index (χ1n) is 9.22. The van der Waals surface area contributed by atoms with E-state index in [0.717, 1.165) is 50.5 Å². The van der Waals surface area contributed by atoms with Crippen molar-refractivity contribution in [2.24, 2.45) is 0 Å². The van der Waals surface area contributed by atoms with Gasteiger partial charge in [-0.05, 0) is 31.2 Å². The number of nitrogens with zero attached hydrogens (tertiary/aromatic N) is 2. The summed E-state index contributed by atoms with van der Waals surface area (Å²) in [5.74, 6) is -0.113. The Morgan fingerprint density at radius 3 is 2.40 bits per heavy atom. The average molecular weight is 341 g/mol. The first kappa shape index (κ1) is 17.9. The molecule has 2 aromatic rings. The summed E-state index contributed by atoms with van der Waals surface area (Å²) in [6.45, 7) is 9.78. The van der Waals surface area contributed by atoms with Gasteiger partial charge in [-0.15, -0.1) is 0 Å². The highest BCUT2D eigenvalue weighted by molar-refractivity contribution is 5.56. The number of rotatable bonds is 6. The van der Waals surface area contributed by atoms with Gasteiger partial charge in [0.05, 0.1) is 0 Å². The van der Waals surface area contributed by atoms with E-state index in [1.54, 1.807) is 6.07 Å². The number of halogens is 1. The second kappa shape index (κ2) is 8.45. The standard InChI is InChI=1S/C21H28FN3/c1-3-23-17(2)21-19(22)10-7-11-20(21)25-14-12-24(13-15-25)16-18-8-5-4-6-9-18/h4-11,17,23H,3,12-16H2,1-2H3. The zero-order valence-electron chi connectivity index (χ0n) is 15.2. The molecule has 2 aromatic carbocycles. The maximum absolute atomic E-state index is 14.5. The molecule has 25 heavy (non-hydrogen) atoms. The molecule has 0 aromatic heterocycles. The molecule has 0 radical (unpaired) electrons. The largest absolute Gasteiger partial charge is 0.369 e. The molecule has 1 aliphatic rings. The maximum atomic E-state index is 14.5. The Bertz CT molecular complexity index is 666. The van der Waals surface area contributed by atoms with Crippen LogP contribution in [0.2, 0.25) is 0 Å². The summed E-state index contributed by atoms with van der Waals surface area (Å²) in [6.07, 6.45) is 0. The lowest BCUT2D eigenvalue weighted by molar-refractivity contribution is 0.249. The van der Waals surface area contributed by atoms with Crippen LogP contribution in [0.25, 0.3) is 0 Å². The highest BCUT2D eigenvalue weighted by Gasteiger charge is 2.23. The van der Waals surface area contributed by atoms with E-state index in [9.17, 15) is 4.39 Å². The fourth-order valence-electron chi connectivity index (χ4n) is 3.63. The lowest BCUT2D eigenvalue weighted by Gasteiger charge is -2.37. The predicted molar refractivity (Wildman–Crippen MR) is 102 cm³/mol. The van der Waals surface area contributed by atoms with E-state index in [1.165, 1.54) is 5.56 Å². The van der Waals surface area contributed by atoms with Gasteiger partial charge in [-0.25, -0.2) is 4.39 Å². The first-order valence-corrected chi connectivity index (χ1v) is 9.22. The SMILES string of the molecule is CCNC(C)c1c(F)cccc1N1CCN(Cc2ccccc2)CC1. The first-order chi connectivity index (χ1) is 12.2. The number of nitrogens with one attached hydrogen (secondary N) is 1. The van der Waals surface area contributed by atoms with Gasteiger partial charge in [0.15, 0.2) is 0 Å². The fourth-order valence-corrected chi connectivity index (χ4v) is 3.63. The van der Waals surface area contributed by atoms with E-state index in [2.05, 4.69) is 58.4 Å². The van der Waals surface area contributed by atoms with Crippen LogP contribution >= 0.6 is 0 Å². The zero-order valence-corrected chi connectivity index (χ0v) is 15.2. The smallest absolute Gasteiger partial charge is 0.130 e. The van der Waals surface area contributed by atoms with Crippen molar-refractivity contribution >= 4 is 5.69 Å². The molecule has 3 rings (SSSR count). The minimum absolute atomic E-state index is 0.0172. The Morgan fingerprint density at radius 1 is 1.00 bits per heavy atom. The summed E-state index contributed by atoms with van der Waals surface area (Å²) in [7, 11) is 0. The third-order valence-electron chi connectivity index (χ3n) is 4.94. The van der Waals surface area contributed by atoms with Gasteiger partial charge in [0.1, 0.15) is 5.82 Å². The van der Waals surface area contributed by atoms with Crippen LogP contribution in [0.1, 0.15) is 31.0 Å². The van der Waals surface area contributed by atoms with Crippen molar-refractivity contribution in [1.82, 2.24) is 10.2 Å². The summed E-state index contributed by atoms with van der Waals surface area (Å²) in [6, 6.07) is 16.0. The molecule has 1 aliphatic heterocycles. The van der Waals surface area contributed by atoms with E-state index >= 15 is 0 Å². The van der Waals surface area contributed by atoms with Gasteiger partial charge in [-0.3, -0.25) is 4.90 Å². The van der Waals surface area contributed by atoms with Crippen molar-refractivity contribution in [2.75, 3.05) is 37.6 Å². The predicted octanol–water partition coefficient (Wildman–Crippen LogP) is 3.82. The summed E-state index contributed by atoms with van der Waals surface area (Å²) in [5.41, 5.74) is 3.18. The van der Waals surface area contributed by atoms with E-state index < -0.39 is 0 Å². The summed E-state index contributed by atoms with van der Waals surface area (Å²) >= 11 is 0. The van der Waals surface area contributed by atoms with Crippen molar-refractivity contribution in [2.45, 2.75) is 26.4 Å². The van der Waals surface area contributed by atoms with Crippen LogP contribution in [0.4, 0.5) is 10.1 Å². The molecule has 1 atom stereocenters. The van der Waals surface area contributed by atoms with Crippen molar-refractivity contribution in [3.05, 3.63) is 65.5 Å². The van der Waals surface area contributed by atoms with Crippen molar-refractivity contribution in [3.63, 3.8) is 0 Å². The molecule has 134 valence electrons. The number of benzene rings is 2. The highest BCUT2D eigenvalue weighted by atomic mass is 19.1. The normalized spacial score (nSPS) is 16.8. The van der Waals surface area contributed by atoms with Crippen LogP contribution in [0.15, 0.2) is 48.5 Å². The second-order valence-corrected chi connectivity index (χ2v) is 6.70. The zero-order chi connectivity index (χ0) is 17.6. The van der Waals surface area contributed by atoms with Crippen molar-refractivity contribution in [1.29, 1.82) is 0 Å². The highest BCUT2D eigenvalue weighted by Crippen LogP contribution is 2.30. The Labute approximate surface area is 150 Å². The van der Waals surface area contributed by atoms with Gasteiger partial charge < -0.3 is 10.2 Å². The number of anilines is 1. The molecule has 1 unspecified atom stereocenters. The molecular formula is C21H28FN3. The monoisotopic (exact) mass is 341 g/mol. The molecule has 0 spiro atoms. The lowest BCUT2D eigenvalue weighted by atomic mass is 10.0. The fraction of sp³-hybridized carbons (Fsp3) is 0.429. The average Bonchev–Trinajstić information content (AvgIpc) is 2.63. The molecule has 0 bridgehead atoms. The number of hydrogen-bond acceptors (Lipinski definition) is 3. The molecule has 0 saturated carbocycles. The molecule has 3 nitrogen and oxygen atoms in total. The van der Waals surface area contributed by atoms with Gasteiger partial charge in [0, 0.05) is 50.0 Å². The van der Waals surface area contributed by atoms with Crippen LogP contribution in [-0.4, -0.2) is 37.6 Å². The van der Waals surface area contributed by atoms with Gasteiger partial charge in [0.25, 0.3) is 0 Å². The van der Waals surface area contributed by atoms with E-state index in [1.807, 2.05) is 13.0 Å². The van der Waals surface area contributed by atoms with Gasteiger partial charge >= 0.3 is 0 Å². The van der Waals surface area contributed by atoms with E-state index in [0.29, 0.717) is 0 Å². The van der Waals surface area contributed by atoms with Crippen LogP contribution in [0.5, 0.6) is 0 Å². The minimum Gasteiger partial charge on any atom is -0.369 e. The minimum atomic E-state index is -0.113. The topological polar surface area (TPSA) is 18.5 Å². The van der Waals surface area contributed by atoms with Gasteiger partial charge in [-0.2, -0.15) is 0 Å². The van der Waals surface area contributed by atoms with Gasteiger partial charge in [0.2, 0.25) is 0 Å². The van der Waals surface area contributed by atoms with Crippen LogP contribution in [0.3, 0.4) is 0 Å². The maximum Gasteiger partial charge on any atom is 0.130 e. The molecule has 1 saturated heterocycles.